The van der Waals surface area contributed by atoms with Crippen LogP contribution in [-0.2, 0) is 4.74 Å². The van der Waals surface area contributed by atoms with Crippen LogP contribution in [0.4, 0.5) is 11.5 Å². The van der Waals surface area contributed by atoms with Gasteiger partial charge in [-0.05, 0) is 36.1 Å². The lowest BCUT2D eigenvalue weighted by molar-refractivity contribution is -0.385. The van der Waals surface area contributed by atoms with Crippen LogP contribution in [0.2, 0.25) is 0 Å². The largest absolute Gasteiger partial charge is 0.460 e. The third kappa shape index (κ3) is 3.97. The number of aromatic nitrogens is 2. The molecule has 3 rings (SSSR count). The predicted molar refractivity (Wildman–Crippen MR) is 97.2 cm³/mol. The van der Waals surface area contributed by atoms with Crippen molar-refractivity contribution in [3.8, 4) is 0 Å². The molecule has 0 spiro atoms. The fraction of sp³-hybridized carbons (Fsp3) is 0.222. The van der Waals surface area contributed by atoms with Gasteiger partial charge in [0.05, 0.1) is 16.5 Å². The molecule has 2 N–H and O–H groups in total. The van der Waals surface area contributed by atoms with Gasteiger partial charge in [0.15, 0.2) is 0 Å². The first-order valence-corrected chi connectivity index (χ1v) is 8.18. The van der Waals surface area contributed by atoms with Gasteiger partial charge in [0.1, 0.15) is 18.6 Å². The molecule has 0 bridgehead atoms. The molecule has 8 nitrogen and oxygen atoms in total. The van der Waals surface area contributed by atoms with Gasteiger partial charge < -0.3 is 15.0 Å². The van der Waals surface area contributed by atoms with Gasteiger partial charge in [0, 0.05) is 17.8 Å². The number of carbonyl (C=O) groups is 1. The third-order valence-electron chi connectivity index (χ3n) is 4.01. The minimum absolute atomic E-state index is 0.0743. The lowest BCUT2D eigenvalue weighted by Crippen LogP contribution is -2.26. The van der Waals surface area contributed by atoms with E-state index in [-0.39, 0.29) is 18.3 Å². The van der Waals surface area contributed by atoms with Crippen LogP contribution in [0.15, 0.2) is 48.8 Å². The van der Waals surface area contributed by atoms with Crippen molar-refractivity contribution in [1.82, 2.24) is 9.97 Å². The lowest BCUT2D eigenvalue weighted by atomic mass is 10.1. The quantitative estimate of drug-likeness (QED) is 0.381. The summed E-state index contributed by atoms with van der Waals surface area (Å²) >= 11 is 0. The number of H-pyrrole nitrogens is 1. The number of esters is 1. The number of nitrogens with zero attached hydrogens (tertiary/aromatic N) is 2. The molecule has 0 aliphatic carbocycles. The number of ether oxygens (including phenoxy) is 1. The van der Waals surface area contributed by atoms with Crippen LogP contribution in [0, 0.1) is 10.1 Å². The summed E-state index contributed by atoms with van der Waals surface area (Å²) in [6.07, 6.45) is 3.70. The molecule has 2 heterocycles. The van der Waals surface area contributed by atoms with E-state index in [4.69, 9.17) is 4.74 Å². The number of hydrogen-bond donors (Lipinski definition) is 2. The number of benzene rings is 1. The number of pyridine rings is 1. The highest BCUT2D eigenvalue weighted by molar-refractivity contribution is 5.94. The standard InChI is InChI=1S/C18H18N4O4/c1-2-14(21-17-6-5-15(10-20-17)22(24)25)11-26-18(23)13-4-3-12-7-8-19-16(12)9-13/h3-10,14,19H,2,11H2,1H3,(H,20,21). The molecule has 0 aliphatic heterocycles. The second-order valence-corrected chi connectivity index (χ2v) is 5.79. The molecule has 2 aromatic heterocycles. The Labute approximate surface area is 149 Å². The summed E-state index contributed by atoms with van der Waals surface area (Å²) in [5.74, 6) is 0.0877. The van der Waals surface area contributed by atoms with E-state index in [2.05, 4.69) is 15.3 Å². The molecule has 0 amide bonds. The molecule has 1 aromatic carbocycles. The fourth-order valence-electron chi connectivity index (χ4n) is 2.48. The van der Waals surface area contributed by atoms with Crippen molar-refractivity contribution in [2.24, 2.45) is 0 Å². The molecule has 134 valence electrons. The van der Waals surface area contributed by atoms with Crippen LogP contribution in [0.3, 0.4) is 0 Å². The molecule has 26 heavy (non-hydrogen) atoms. The number of fused-ring (bicyclic) bond motifs is 1. The number of anilines is 1. The van der Waals surface area contributed by atoms with Gasteiger partial charge in [-0.3, -0.25) is 10.1 Å². The number of rotatable bonds is 7. The number of carbonyl (C=O) groups excluding carboxylic acids is 1. The van der Waals surface area contributed by atoms with Crippen LogP contribution in [0.1, 0.15) is 23.7 Å². The van der Waals surface area contributed by atoms with Gasteiger partial charge in [-0.1, -0.05) is 13.0 Å². The topological polar surface area (TPSA) is 110 Å². The van der Waals surface area contributed by atoms with Gasteiger partial charge in [-0.25, -0.2) is 9.78 Å². The normalized spacial score (nSPS) is 11.9. The lowest BCUT2D eigenvalue weighted by Gasteiger charge is -2.17. The van der Waals surface area contributed by atoms with Crippen LogP contribution in [0.25, 0.3) is 10.9 Å². The SMILES string of the molecule is CCC(COC(=O)c1ccc2cc[nH]c2c1)Nc1ccc([N+](=O)[O-])cn1. The van der Waals surface area contributed by atoms with Gasteiger partial charge in [0.2, 0.25) is 0 Å². The van der Waals surface area contributed by atoms with Gasteiger partial charge in [-0.15, -0.1) is 0 Å². The Balaban J connectivity index is 1.59. The summed E-state index contributed by atoms with van der Waals surface area (Å²) in [6.45, 7) is 2.11. The molecule has 8 heteroatoms. The molecule has 3 aromatic rings. The van der Waals surface area contributed by atoms with E-state index in [1.54, 1.807) is 12.1 Å². The van der Waals surface area contributed by atoms with E-state index in [1.807, 2.05) is 25.3 Å². The molecule has 1 atom stereocenters. The van der Waals surface area contributed by atoms with E-state index >= 15 is 0 Å². The van der Waals surface area contributed by atoms with E-state index in [0.717, 1.165) is 10.9 Å². The van der Waals surface area contributed by atoms with E-state index in [9.17, 15) is 14.9 Å². The molecule has 0 saturated heterocycles. The summed E-state index contributed by atoms with van der Waals surface area (Å²) in [5.41, 5.74) is 1.28. The monoisotopic (exact) mass is 354 g/mol. The number of nitro groups is 1. The Bertz CT molecular complexity index is 920. The zero-order chi connectivity index (χ0) is 18.5. The maximum Gasteiger partial charge on any atom is 0.338 e. The highest BCUT2D eigenvalue weighted by atomic mass is 16.6. The Morgan fingerprint density at radius 2 is 2.19 bits per heavy atom. The summed E-state index contributed by atoms with van der Waals surface area (Å²) in [5, 5.41) is 14.8. The first-order chi connectivity index (χ1) is 12.6. The first kappa shape index (κ1) is 17.4. The zero-order valence-electron chi connectivity index (χ0n) is 14.1. The third-order valence-corrected chi connectivity index (χ3v) is 4.01. The molecule has 0 radical (unpaired) electrons. The Kier molecular flexibility index (Phi) is 5.12. The molecule has 0 saturated carbocycles. The summed E-state index contributed by atoms with van der Waals surface area (Å²) < 4.78 is 5.39. The Morgan fingerprint density at radius 3 is 2.88 bits per heavy atom. The molecular formula is C18H18N4O4. The van der Waals surface area contributed by atoms with E-state index < -0.39 is 10.9 Å². The number of nitrogens with one attached hydrogen (secondary N) is 2. The zero-order valence-corrected chi connectivity index (χ0v) is 14.1. The summed E-state index contributed by atoms with van der Waals surface area (Å²) in [7, 11) is 0. The van der Waals surface area contributed by atoms with Crippen LogP contribution < -0.4 is 5.32 Å². The number of aromatic amines is 1. The van der Waals surface area contributed by atoms with Crippen molar-refractivity contribution >= 4 is 28.4 Å². The smallest absolute Gasteiger partial charge is 0.338 e. The highest BCUT2D eigenvalue weighted by Gasteiger charge is 2.14. The van der Waals surface area contributed by atoms with Crippen molar-refractivity contribution in [2.45, 2.75) is 19.4 Å². The summed E-state index contributed by atoms with van der Waals surface area (Å²) in [4.78, 5) is 29.5. The maximum atomic E-state index is 12.2. The molecule has 0 fully saturated rings. The second kappa shape index (κ2) is 7.64. The van der Waals surface area contributed by atoms with Crippen molar-refractivity contribution in [3.63, 3.8) is 0 Å². The Morgan fingerprint density at radius 1 is 1.35 bits per heavy atom. The maximum absolute atomic E-state index is 12.2. The van der Waals surface area contributed by atoms with Gasteiger partial charge >= 0.3 is 5.97 Å². The second-order valence-electron chi connectivity index (χ2n) is 5.79. The first-order valence-electron chi connectivity index (χ1n) is 8.18. The summed E-state index contributed by atoms with van der Waals surface area (Å²) in [6, 6.07) is 10.0. The average molecular weight is 354 g/mol. The number of hydrogen-bond acceptors (Lipinski definition) is 6. The average Bonchev–Trinajstić information content (AvgIpc) is 3.13. The van der Waals surface area contributed by atoms with Crippen LogP contribution in [0.5, 0.6) is 0 Å². The Hall–Kier alpha value is -3.42. The minimum Gasteiger partial charge on any atom is -0.460 e. The van der Waals surface area contributed by atoms with Crippen LogP contribution in [-0.4, -0.2) is 33.5 Å². The fourth-order valence-corrected chi connectivity index (χ4v) is 2.48. The van der Waals surface area contributed by atoms with Crippen LogP contribution >= 0.6 is 0 Å². The molecule has 0 aliphatic rings. The predicted octanol–water partition coefficient (Wildman–Crippen LogP) is 3.52. The van der Waals surface area contributed by atoms with Gasteiger partial charge in [-0.2, -0.15) is 0 Å². The van der Waals surface area contributed by atoms with Crippen molar-refractivity contribution in [2.75, 3.05) is 11.9 Å². The van der Waals surface area contributed by atoms with E-state index in [1.165, 1.54) is 18.3 Å². The van der Waals surface area contributed by atoms with Crippen molar-refractivity contribution in [1.29, 1.82) is 0 Å². The molecule has 1 unspecified atom stereocenters. The molecular weight excluding hydrogens is 336 g/mol. The highest BCUT2D eigenvalue weighted by Crippen LogP contribution is 2.16. The minimum atomic E-state index is -0.503. The van der Waals surface area contributed by atoms with Gasteiger partial charge in [0.25, 0.3) is 5.69 Å². The van der Waals surface area contributed by atoms with Crippen molar-refractivity contribution < 1.29 is 14.5 Å². The van der Waals surface area contributed by atoms with Crippen molar-refractivity contribution in [3.05, 3.63) is 64.5 Å². The van der Waals surface area contributed by atoms with E-state index in [0.29, 0.717) is 17.8 Å².